The van der Waals surface area contributed by atoms with Crippen LogP contribution >= 0.6 is 0 Å². The van der Waals surface area contributed by atoms with Crippen LogP contribution in [0.5, 0.6) is 0 Å². The largest absolute Gasteiger partial charge is 0.380 e. The first-order valence-electron chi connectivity index (χ1n) is 7.20. The van der Waals surface area contributed by atoms with E-state index in [1.54, 1.807) is 0 Å². The smallest absolute Gasteiger partial charge is 0.223 e. The molecule has 4 heteroatoms. The van der Waals surface area contributed by atoms with E-state index in [1.807, 2.05) is 0 Å². The maximum absolute atomic E-state index is 11.9. The van der Waals surface area contributed by atoms with Crippen LogP contribution in [-0.2, 0) is 9.53 Å². The van der Waals surface area contributed by atoms with Crippen LogP contribution in [0.1, 0.15) is 46.0 Å². The average Bonchev–Trinajstić information content (AvgIpc) is 2.33. The van der Waals surface area contributed by atoms with Crippen LogP contribution in [0.3, 0.4) is 0 Å². The fourth-order valence-electron chi connectivity index (χ4n) is 2.28. The van der Waals surface area contributed by atoms with Crippen molar-refractivity contribution in [3.05, 3.63) is 0 Å². The van der Waals surface area contributed by atoms with Crippen LogP contribution in [0.2, 0.25) is 0 Å². The Morgan fingerprint density at radius 2 is 2.17 bits per heavy atom. The van der Waals surface area contributed by atoms with E-state index in [4.69, 9.17) is 10.5 Å². The number of carbonyl (C=O) groups excluding carboxylic acids is 1. The number of hydrogen-bond acceptors (Lipinski definition) is 3. The standard InChI is InChI=1S/C14H28N2O2/c1-11(2)6-8-18-9-7-16-14(17)12-4-3-5-13(15)10-12/h11-13H,3-10,15H2,1-2H3,(H,16,17). The van der Waals surface area contributed by atoms with Crippen LogP contribution in [0.15, 0.2) is 0 Å². The number of ether oxygens (including phenoxy) is 1. The molecule has 0 bridgehead atoms. The molecular weight excluding hydrogens is 228 g/mol. The van der Waals surface area contributed by atoms with Crippen LogP contribution in [0.4, 0.5) is 0 Å². The van der Waals surface area contributed by atoms with Gasteiger partial charge in [0.1, 0.15) is 0 Å². The maximum atomic E-state index is 11.9. The zero-order chi connectivity index (χ0) is 13.4. The monoisotopic (exact) mass is 256 g/mol. The van der Waals surface area contributed by atoms with Crippen LogP contribution in [0.25, 0.3) is 0 Å². The van der Waals surface area contributed by atoms with Gasteiger partial charge in [-0.2, -0.15) is 0 Å². The molecule has 0 saturated heterocycles. The summed E-state index contributed by atoms with van der Waals surface area (Å²) in [6.45, 7) is 6.36. The first kappa shape index (κ1) is 15.4. The van der Waals surface area contributed by atoms with Gasteiger partial charge in [-0.1, -0.05) is 20.3 Å². The van der Waals surface area contributed by atoms with Crippen molar-refractivity contribution in [2.24, 2.45) is 17.6 Å². The molecule has 2 atom stereocenters. The number of hydrogen-bond donors (Lipinski definition) is 2. The molecule has 0 heterocycles. The normalized spacial score (nSPS) is 24.2. The van der Waals surface area contributed by atoms with Gasteiger partial charge in [0.05, 0.1) is 6.61 Å². The highest BCUT2D eigenvalue weighted by molar-refractivity contribution is 5.78. The van der Waals surface area contributed by atoms with Gasteiger partial charge in [0, 0.05) is 25.1 Å². The molecule has 106 valence electrons. The minimum absolute atomic E-state index is 0.115. The van der Waals surface area contributed by atoms with Crippen LogP contribution in [-0.4, -0.2) is 31.7 Å². The molecule has 0 radical (unpaired) electrons. The van der Waals surface area contributed by atoms with E-state index in [9.17, 15) is 4.79 Å². The minimum atomic E-state index is 0.115. The number of carbonyl (C=O) groups is 1. The molecule has 4 nitrogen and oxygen atoms in total. The Hall–Kier alpha value is -0.610. The summed E-state index contributed by atoms with van der Waals surface area (Å²) in [5.41, 5.74) is 5.88. The number of rotatable bonds is 7. The first-order valence-corrected chi connectivity index (χ1v) is 7.20. The van der Waals surface area contributed by atoms with Crippen LogP contribution < -0.4 is 11.1 Å². The van der Waals surface area contributed by atoms with Gasteiger partial charge in [-0.3, -0.25) is 4.79 Å². The number of nitrogens with one attached hydrogen (secondary N) is 1. The van der Waals surface area contributed by atoms with E-state index in [0.717, 1.165) is 38.7 Å². The van der Waals surface area contributed by atoms with Crippen molar-refractivity contribution in [1.29, 1.82) is 0 Å². The molecule has 0 aromatic carbocycles. The van der Waals surface area contributed by atoms with E-state index in [2.05, 4.69) is 19.2 Å². The van der Waals surface area contributed by atoms with Gasteiger partial charge < -0.3 is 15.8 Å². The topological polar surface area (TPSA) is 64.3 Å². The van der Waals surface area contributed by atoms with Gasteiger partial charge in [0.25, 0.3) is 0 Å². The predicted molar refractivity (Wildman–Crippen MR) is 73.2 cm³/mol. The van der Waals surface area contributed by atoms with Crippen molar-refractivity contribution < 1.29 is 9.53 Å². The summed E-state index contributed by atoms with van der Waals surface area (Å²) in [5, 5.41) is 2.94. The minimum Gasteiger partial charge on any atom is -0.380 e. The molecular formula is C14H28N2O2. The van der Waals surface area contributed by atoms with E-state index in [0.29, 0.717) is 19.1 Å². The Morgan fingerprint density at radius 1 is 1.39 bits per heavy atom. The van der Waals surface area contributed by atoms with Gasteiger partial charge >= 0.3 is 0 Å². The Bertz CT molecular complexity index is 244. The molecule has 1 fully saturated rings. The van der Waals surface area contributed by atoms with Crippen molar-refractivity contribution in [2.45, 2.75) is 52.0 Å². The quantitative estimate of drug-likeness (QED) is 0.681. The highest BCUT2D eigenvalue weighted by Crippen LogP contribution is 2.22. The molecule has 1 amide bonds. The summed E-state index contributed by atoms with van der Waals surface area (Å²) in [4.78, 5) is 11.9. The lowest BCUT2D eigenvalue weighted by molar-refractivity contribution is -0.126. The highest BCUT2D eigenvalue weighted by Gasteiger charge is 2.24. The summed E-state index contributed by atoms with van der Waals surface area (Å²) in [5.74, 6) is 0.936. The van der Waals surface area contributed by atoms with Gasteiger partial charge in [-0.05, 0) is 31.6 Å². The third-order valence-electron chi connectivity index (χ3n) is 3.47. The number of nitrogens with two attached hydrogens (primary N) is 1. The van der Waals surface area contributed by atoms with Crippen molar-refractivity contribution in [1.82, 2.24) is 5.32 Å². The molecule has 1 aliphatic rings. The zero-order valence-electron chi connectivity index (χ0n) is 11.8. The lowest BCUT2D eigenvalue weighted by Crippen LogP contribution is -2.38. The Kier molecular flexibility index (Phi) is 7.28. The molecule has 18 heavy (non-hydrogen) atoms. The molecule has 3 N–H and O–H groups in total. The van der Waals surface area contributed by atoms with E-state index >= 15 is 0 Å². The SMILES string of the molecule is CC(C)CCOCCNC(=O)C1CCCC(N)C1. The van der Waals surface area contributed by atoms with Crippen molar-refractivity contribution in [3.63, 3.8) is 0 Å². The third kappa shape index (κ3) is 6.36. The summed E-state index contributed by atoms with van der Waals surface area (Å²) < 4.78 is 5.46. The molecule has 0 aromatic heterocycles. The maximum Gasteiger partial charge on any atom is 0.223 e. The molecule has 0 spiro atoms. The lowest BCUT2D eigenvalue weighted by atomic mass is 9.85. The van der Waals surface area contributed by atoms with Crippen molar-refractivity contribution in [2.75, 3.05) is 19.8 Å². The first-order chi connectivity index (χ1) is 8.59. The second kappa shape index (κ2) is 8.48. The lowest BCUT2D eigenvalue weighted by Gasteiger charge is -2.25. The summed E-state index contributed by atoms with van der Waals surface area (Å²) in [7, 11) is 0. The number of amides is 1. The Balaban J connectivity index is 2.02. The third-order valence-corrected chi connectivity index (χ3v) is 3.47. The predicted octanol–water partition coefficient (Wildman–Crippen LogP) is 1.68. The second-order valence-corrected chi connectivity index (χ2v) is 5.71. The fourth-order valence-corrected chi connectivity index (χ4v) is 2.28. The van der Waals surface area contributed by atoms with Gasteiger partial charge in [0.15, 0.2) is 0 Å². The van der Waals surface area contributed by atoms with Gasteiger partial charge in [0.2, 0.25) is 5.91 Å². The molecule has 0 aliphatic heterocycles. The van der Waals surface area contributed by atoms with Crippen LogP contribution in [0, 0.1) is 11.8 Å². The Labute approximate surface area is 111 Å². The van der Waals surface area contributed by atoms with Crippen molar-refractivity contribution in [3.8, 4) is 0 Å². The second-order valence-electron chi connectivity index (χ2n) is 5.71. The van der Waals surface area contributed by atoms with Crippen molar-refractivity contribution >= 4 is 5.91 Å². The molecule has 1 aliphatic carbocycles. The Morgan fingerprint density at radius 3 is 2.83 bits per heavy atom. The zero-order valence-corrected chi connectivity index (χ0v) is 11.8. The van der Waals surface area contributed by atoms with E-state index in [1.165, 1.54) is 0 Å². The molecule has 1 rings (SSSR count). The molecule has 0 aromatic rings. The summed E-state index contributed by atoms with van der Waals surface area (Å²) >= 11 is 0. The molecule has 1 saturated carbocycles. The molecule has 2 unspecified atom stereocenters. The van der Waals surface area contributed by atoms with Gasteiger partial charge in [-0.15, -0.1) is 0 Å². The summed E-state index contributed by atoms with van der Waals surface area (Å²) in [6, 6.07) is 0.205. The fraction of sp³-hybridized carbons (Fsp3) is 0.929. The summed E-state index contributed by atoms with van der Waals surface area (Å²) in [6.07, 6.45) is 5.02. The van der Waals surface area contributed by atoms with E-state index in [-0.39, 0.29) is 17.9 Å². The van der Waals surface area contributed by atoms with E-state index < -0.39 is 0 Å². The van der Waals surface area contributed by atoms with Gasteiger partial charge in [-0.25, -0.2) is 0 Å². The highest BCUT2D eigenvalue weighted by atomic mass is 16.5. The average molecular weight is 256 g/mol.